The van der Waals surface area contributed by atoms with Crippen LogP contribution < -0.4 is 15.8 Å². The molecule has 1 aliphatic heterocycles. The molecule has 1 aliphatic rings. The van der Waals surface area contributed by atoms with Gasteiger partial charge in [0.2, 0.25) is 5.91 Å². The molecular formula is C22H20F2N4O2. The molecule has 0 radical (unpaired) electrons. The van der Waals surface area contributed by atoms with Crippen molar-refractivity contribution in [3.63, 3.8) is 0 Å². The van der Waals surface area contributed by atoms with Crippen LogP contribution in [0.5, 0.6) is 0 Å². The predicted molar refractivity (Wildman–Crippen MR) is 110 cm³/mol. The van der Waals surface area contributed by atoms with E-state index < -0.39 is 5.82 Å². The summed E-state index contributed by atoms with van der Waals surface area (Å²) in [6.45, 7) is 1.19. The molecule has 0 saturated carbocycles. The minimum absolute atomic E-state index is 0.135. The largest absolute Gasteiger partial charge is 0.355 e. The molecule has 2 heterocycles. The highest BCUT2D eigenvalue weighted by atomic mass is 19.1. The van der Waals surface area contributed by atoms with E-state index in [-0.39, 0.29) is 23.2 Å². The summed E-state index contributed by atoms with van der Waals surface area (Å²) in [5.41, 5.74) is 0.609. The number of carbonyl (C=O) groups excluding carboxylic acids is 1. The van der Waals surface area contributed by atoms with Crippen molar-refractivity contribution >= 4 is 17.4 Å². The van der Waals surface area contributed by atoms with Crippen molar-refractivity contribution in [3.05, 3.63) is 82.7 Å². The first kappa shape index (κ1) is 19.8. The Hall–Kier alpha value is -3.55. The lowest BCUT2D eigenvalue weighted by Crippen LogP contribution is -2.39. The molecule has 154 valence electrons. The first-order valence-corrected chi connectivity index (χ1v) is 9.67. The summed E-state index contributed by atoms with van der Waals surface area (Å²) in [4.78, 5) is 26.7. The van der Waals surface area contributed by atoms with Crippen molar-refractivity contribution in [2.45, 2.75) is 12.8 Å². The Kier molecular flexibility index (Phi) is 5.56. The number of carbonyl (C=O) groups is 1. The van der Waals surface area contributed by atoms with Crippen LogP contribution in [-0.2, 0) is 4.79 Å². The fourth-order valence-electron chi connectivity index (χ4n) is 3.52. The van der Waals surface area contributed by atoms with E-state index >= 15 is 0 Å². The number of anilines is 2. The molecule has 1 amide bonds. The lowest BCUT2D eigenvalue weighted by molar-refractivity contribution is -0.120. The number of benzene rings is 2. The Labute approximate surface area is 171 Å². The average molecular weight is 410 g/mol. The topological polar surface area (TPSA) is 67.2 Å². The van der Waals surface area contributed by atoms with Gasteiger partial charge in [-0.25, -0.2) is 8.78 Å². The zero-order valence-corrected chi connectivity index (χ0v) is 16.1. The van der Waals surface area contributed by atoms with Crippen LogP contribution in [0.15, 0.2) is 65.5 Å². The Bertz CT molecular complexity index is 1110. The smallest absolute Gasteiger partial charge is 0.271 e. The van der Waals surface area contributed by atoms with E-state index in [9.17, 15) is 18.4 Å². The summed E-state index contributed by atoms with van der Waals surface area (Å²) in [5.74, 6) is -0.494. The number of hydrogen-bond acceptors (Lipinski definition) is 4. The van der Waals surface area contributed by atoms with E-state index in [1.165, 1.54) is 47.1 Å². The predicted octanol–water partition coefficient (Wildman–Crippen LogP) is 3.37. The molecule has 8 heteroatoms. The van der Waals surface area contributed by atoms with Crippen LogP contribution in [0.3, 0.4) is 0 Å². The number of amides is 1. The van der Waals surface area contributed by atoms with E-state index in [2.05, 4.69) is 10.4 Å². The van der Waals surface area contributed by atoms with Crippen molar-refractivity contribution in [1.82, 2.24) is 9.78 Å². The molecule has 1 saturated heterocycles. The van der Waals surface area contributed by atoms with Crippen LogP contribution in [0.1, 0.15) is 12.8 Å². The SMILES string of the molecule is O=C(Nc1cccc(F)c1)C1CCN(c2ccc(=O)n(-c3ccc(F)cc3)n2)CC1. The highest BCUT2D eigenvalue weighted by Gasteiger charge is 2.26. The van der Waals surface area contributed by atoms with Gasteiger partial charge in [-0.1, -0.05) is 6.07 Å². The molecule has 3 aromatic rings. The maximum absolute atomic E-state index is 13.3. The molecule has 30 heavy (non-hydrogen) atoms. The molecule has 4 rings (SSSR count). The van der Waals surface area contributed by atoms with Gasteiger partial charge in [-0.3, -0.25) is 9.59 Å². The molecule has 6 nitrogen and oxygen atoms in total. The fourth-order valence-corrected chi connectivity index (χ4v) is 3.52. The van der Waals surface area contributed by atoms with Gasteiger partial charge in [-0.15, -0.1) is 5.10 Å². The van der Waals surface area contributed by atoms with Gasteiger partial charge in [-0.2, -0.15) is 4.68 Å². The first-order chi connectivity index (χ1) is 14.5. The summed E-state index contributed by atoms with van der Waals surface area (Å²) in [5, 5.41) is 7.17. The van der Waals surface area contributed by atoms with E-state index in [0.717, 1.165) is 0 Å². The molecular weight excluding hydrogens is 390 g/mol. The van der Waals surface area contributed by atoms with Crippen LogP contribution in [0, 0.1) is 17.6 Å². The number of rotatable bonds is 4. The van der Waals surface area contributed by atoms with Crippen LogP contribution in [-0.4, -0.2) is 28.8 Å². The van der Waals surface area contributed by atoms with Gasteiger partial charge >= 0.3 is 0 Å². The second-order valence-corrected chi connectivity index (χ2v) is 7.18. The van der Waals surface area contributed by atoms with Gasteiger partial charge in [0.05, 0.1) is 5.69 Å². The van der Waals surface area contributed by atoms with Gasteiger partial charge in [0.15, 0.2) is 0 Å². The number of halogens is 2. The molecule has 0 atom stereocenters. The number of nitrogens with one attached hydrogen (secondary N) is 1. The number of nitrogens with zero attached hydrogens (tertiary/aromatic N) is 3. The standard InChI is InChI=1S/C22H20F2N4O2/c23-16-4-6-19(7-5-16)28-21(29)9-8-20(26-28)27-12-10-15(11-13-27)22(30)25-18-3-1-2-17(24)14-18/h1-9,14-15H,10-13H2,(H,25,30). The Balaban J connectivity index is 1.43. The van der Waals surface area contributed by atoms with Crippen molar-refractivity contribution in [2.75, 3.05) is 23.3 Å². The molecule has 2 aromatic carbocycles. The van der Waals surface area contributed by atoms with Gasteiger partial charge in [0, 0.05) is 30.8 Å². The lowest BCUT2D eigenvalue weighted by atomic mass is 9.96. The summed E-state index contributed by atoms with van der Waals surface area (Å²) < 4.78 is 27.7. The summed E-state index contributed by atoms with van der Waals surface area (Å²) in [6.07, 6.45) is 1.22. The number of piperidine rings is 1. The zero-order chi connectivity index (χ0) is 21.1. The van der Waals surface area contributed by atoms with Crippen LogP contribution in [0.25, 0.3) is 5.69 Å². The van der Waals surface area contributed by atoms with Crippen molar-refractivity contribution in [3.8, 4) is 5.69 Å². The second kappa shape index (κ2) is 8.44. The van der Waals surface area contributed by atoms with Gasteiger partial charge < -0.3 is 10.2 Å². The first-order valence-electron chi connectivity index (χ1n) is 9.67. The van der Waals surface area contributed by atoms with E-state index in [1.807, 2.05) is 4.90 Å². The fraction of sp³-hybridized carbons (Fsp3) is 0.227. The Morgan fingerprint density at radius 3 is 2.40 bits per heavy atom. The number of aromatic nitrogens is 2. The third kappa shape index (κ3) is 4.37. The Morgan fingerprint density at radius 1 is 0.967 bits per heavy atom. The number of hydrogen-bond donors (Lipinski definition) is 1. The summed E-state index contributed by atoms with van der Waals surface area (Å²) in [6, 6.07) is 14.4. The van der Waals surface area contributed by atoms with E-state index in [4.69, 9.17) is 0 Å². The van der Waals surface area contributed by atoms with Gasteiger partial charge in [0.1, 0.15) is 17.5 Å². The average Bonchev–Trinajstić information content (AvgIpc) is 2.75. The van der Waals surface area contributed by atoms with Crippen molar-refractivity contribution < 1.29 is 13.6 Å². The monoisotopic (exact) mass is 410 g/mol. The molecule has 0 unspecified atom stereocenters. The third-order valence-electron chi connectivity index (χ3n) is 5.14. The van der Waals surface area contributed by atoms with Gasteiger partial charge in [0.25, 0.3) is 5.56 Å². The highest BCUT2D eigenvalue weighted by molar-refractivity contribution is 5.92. The maximum atomic E-state index is 13.3. The molecule has 1 fully saturated rings. The van der Waals surface area contributed by atoms with Crippen LogP contribution >= 0.6 is 0 Å². The summed E-state index contributed by atoms with van der Waals surface area (Å²) in [7, 11) is 0. The van der Waals surface area contributed by atoms with Crippen molar-refractivity contribution in [1.29, 1.82) is 0 Å². The van der Waals surface area contributed by atoms with E-state index in [0.29, 0.717) is 43.1 Å². The zero-order valence-electron chi connectivity index (χ0n) is 16.1. The molecule has 0 spiro atoms. The van der Waals surface area contributed by atoms with Crippen LogP contribution in [0.4, 0.5) is 20.3 Å². The second-order valence-electron chi connectivity index (χ2n) is 7.18. The molecule has 1 N–H and O–H groups in total. The highest BCUT2D eigenvalue weighted by Crippen LogP contribution is 2.23. The molecule has 0 aliphatic carbocycles. The molecule has 0 bridgehead atoms. The molecule has 1 aromatic heterocycles. The summed E-state index contributed by atoms with van der Waals surface area (Å²) >= 11 is 0. The quantitative estimate of drug-likeness (QED) is 0.716. The maximum Gasteiger partial charge on any atom is 0.271 e. The van der Waals surface area contributed by atoms with Gasteiger partial charge in [-0.05, 0) is 61.4 Å². The van der Waals surface area contributed by atoms with E-state index in [1.54, 1.807) is 18.2 Å². The minimum Gasteiger partial charge on any atom is -0.355 e. The van der Waals surface area contributed by atoms with Crippen molar-refractivity contribution in [2.24, 2.45) is 5.92 Å². The normalized spacial score (nSPS) is 14.5. The third-order valence-corrected chi connectivity index (χ3v) is 5.14. The minimum atomic E-state index is -0.398. The Morgan fingerprint density at radius 2 is 1.70 bits per heavy atom. The lowest BCUT2D eigenvalue weighted by Gasteiger charge is -2.32. The van der Waals surface area contributed by atoms with Crippen LogP contribution in [0.2, 0.25) is 0 Å².